The molecular weight excluding hydrogens is 366 g/mol. The number of benzene rings is 2. The molecule has 0 aliphatic rings. The van der Waals surface area contributed by atoms with Crippen LogP contribution in [0.3, 0.4) is 0 Å². The van der Waals surface area contributed by atoms with Crippen LogP contribution < -0.4 is 5.32 Å². The highest BCUT2D eigenvalue weighted by Crippen LogP contribution is 2.24. The van der Waals surface area contributed by atoms with Gasteiger partial charge < -0.3 is 5.32 Å². The number of carbonyl (C=O) groups is 1. The number of hydrogen-bond acceptors (Lipinski definition) is 4. The van der Waals surface area contributed by atoms with Gasteiger partial charge in [0.05, 0.1) is 11.4 Å². The molecule has 0 saturated heterocycles. The van der Waals surface area contributed by atoms with E-state index >= 15 is 0 Å². The van der Waals surface area contributed by atoms with Gasteiger partial charge in [-0.05, 0) is 49.7 Å². The number of aryl methyl sites for hydroxylation is 2. The predicted molar refractivity (Wildman–Crippen MR) is 108 cm³/mol. The summed E-state index contributed by atoms with van der Waals surface area (Å²) in [7, 11) is 0. The van der Waals surface area contributed by atoms with Crippen LogP contribution in [0.15, 0.2) is 59.6 Å². The van der Waals surface area contributed by atoms with Gasteiger partial charge in [0.1, 0.15) is 5.03 Å². The Hall–Kier alpha value is -2.37. The minimum absolute atomic E-state index is 0.113. The van der Waals surface area contributed by atoms with E-state index in [2.05, 4.69) is 47.6 Å². The van der Waals surface area contributed by atoms with Crippen molar-refractivity contribution < 1.29 is 4.79 Å². The van der Waals surface area contributed by atoms with Crippen LogP contribution >= 0.6 is 23.4 Å². The van der Waals surface area contributed by atoms with Gasteiger partial charge in [0, 0.05) is 16.3 Å². The van der Waals surface area contributed by atoms with Crippen molar-refractivity contribution >= 4 is 35.0 Å². The molecule has 1 aromatic heterocycles. The minimum Gasteiger partial charge on any atom is -0.325 e. The standard InChI is InChI=1S/C20H18ClN3OS/c1-13-6-7-17(14(2)10-13)18-8-9-20(24-23-18)26-12-19(25)22-16-5-3-4-15(21)11-16/h3-11H,12H2,1-2H3,(H,22,25). The summed E-state index contributed by atoms with van der Waals surface area (Å²) in [6.07, 6.45) is 0. The first-order valence-corrected chi connectivity index (χ1v) is 9.47. The van der Waals surface area contributed by atoms with E-state index in [1.54, 1.807) is 24.3 Å². The molecule has 1 amide bonds. The topological polar surface area (TPSA) is 54.9 Å². The second-order valence-electron chi connectivity index (χ2n) is 5.92. The fourth-order valence-electron chi connectivity index (χ4n) is 2.54. The monoisotopic (exact) mass is 383 g/mol. The fraction of sp³-hybridized carbons (Fsp3) is 0.150. The first kappa shape index (κ1) is 18.4. The first-order valence-electron chi connectivity index (χ1n) is 8.11. The van der Waals surface area contributed by atoms with E-state index in [4.69, 9.17) is 11.6 Å². The van der Waals surface area contributed by atoms with Crippen molar-refractivity contribution in [2.45, 2.75) is 18.9 Å². The van der Waals surface area contributed by atoms with Gasteiger partial charge in [0.15, 0.2) is 0 Å². The van der Waals surface area contributed by atoms with Crippen molar-refractivity contribution in [1.82, 2.24) is 10.2 Å². The number of rotatable bonds is 5. The molecule has 0 bridgehead atoms. The van der Waals surface area contributed by atoms with E-state index in [1.165, 1.54) is 22.9 Å². The summed E-state index contributed by atoms with van der Waals surface area (Å²) in [5.41, 5.74) is 4.96. The summed E-state index contributed by atoms with van der Waals surface area (Å²) in [6, 6.07) is 17.1. The molecule has 3 aromatic rings. The molecule has 0 spiro atoms. The van der Waals surface area contributed by atoms with Gasteiger partial charge in [-0.15, -0.1) is 10.2 Å². The Kier molecular flexibility index (Phi) is 5.91. The Morgan fingerprint density at radius 1 is 1.08 bits per heavy atom. The second kappa shape index (κ2) is 8.34. The lowest BCUT2D eigenvalue weighted by atomic mass is 10.0. The molecule has 4 nitrogen and oxygen atoms in total. The lowest BCUT2D eigenvalue weighted by Crippen LogP contribution is -2.14. The predicted octanol–water partition coefficient (Wildman–Crippen LogP) is 5.14. The van der Waals surface area contributed by atoms with Crippen LogP contribution in [-0.4, -0.2) is 21.9 Å². The maximum absolute atomic E-state index is 12.0. The average molecular weight is 384 g/mol. The smallest absolute Gasteiger partial charge is 0.234 e. The highest BCUT2D eigenvalue weighted by atomic mass is 35.5. The van der Waals surface area contributed by atoms with Crippen molar-refractivity contribution in [3.8, 4) is 11.3 Å². The number of carbonyl (C=O) groups excluding carboxylic acids is 1. The quantitative estimate of drug-likeness (QED) is 0.619. The molecule has 6 heteroatoms. The lowest BCUT2D eigenvalue weighted by molar-refractivity contribution is -0.113. The third-order valence-electron chi connectivity index (χ3n) is 3.76. The second-order valence-corrected chi connectivity index (χ2v) is 7.35. The maximum Gasteiger partial charge on any atom is 0.234 e. The molecule has 0 radical (unpaired) electrons. The number of anilines is 1. The first-order chi connectivity index (χ1) is 12.5. The van der Waals surface area contributed by atoms with Crippen LogP contribution in [0.5, 0.6) is 0 Å². The van der Waals surface area contributed by atoms with E-state index in [-0.39, 0.29) is 11.7 Å². The zero-order chi connectivity index (χ0) is 18.5. The van der Waals surface area contributed by atoms with Crippen LogP contribution in [0.1, 0.15) is 11.1 Å². The summed E-state index contributed by atoms with van der Waals surface area (Å²) in [5.74, 6) is 0.141. The molecule has 1 heterocycles. The van der Waals surface area contributed by atoms with Crippen LogP contribution in [0.2, 0.25) is 5.02 Å². The van der Waals surface area contributed by atoms with Gasteiger partial charge in [0.25, 0.3) is 0 Å². The normalized spacial score (nSPS) is 10.6. The highest BCUT2D eigenvalue weighted by molar-refractivity contribution is 7.99. The Morgan fingerprint density at radius 2 is 1.92 bits per heavy atom. The van der Waals surface area contributed by atoms with Crippen LogP contribution in [0.25, 0.3) is 11.3 Å². The van der Waals surface area contributed by atoms with Gasteiger partial charge >= 0.3 is 0 Å². The molecular formula is C20H18ClN3OS. The number of nitrogens with zero attached hydrogens (tertiary/aromatic N) is 2. The summed E-state index contributed by atoms with van der Waals surface area (Å²) in [6.45, 7) is 4.13. The van der Waals surface area contributed by atoms with Crippen molar-refractivity contribution in [3.63, 3.8) is 0 Å². The SMILES string of the molecule is Cc1ccc(-c2ccc(SCC(=O)Nc3cccc(Cl)c3)nn2)c(C)c1. The molecule has 0 atom stereocenters. The molecule has 26 heavy (non-hydrogen) atoms. The van der Waals surface area contributed by atoms with Crippen molar-refractivity contribution in [2.75, 3.05) is 11.1 Å². The number of thioether (sulfide) groups is 1. The minimum atomic E-state index is -0.113. The van der Waals surface area contributed by atoms with Gasteiger partial charge in [-0.25, -0.2) is 0 Å². The fourth-order valence-corrected chi connectivity index (χ4v) is 3.35. The van der Waals surface area contributed by atoms with Crippen LogP contribution in [-0.2, 0) is 4.79 Å². The van der Waals surface area contributed by atoms with E-state index in [0.717, 1.165) is 11.3 Å². The average Bonchev–Trinajstić information content (AvgIpc) is 2.61. The number of nitrogens with one attached hydrogen (secondary N) is 1. The Bertz CT molecular complexity index is 929. The molecule has 0 aliphatic carbocycles. The van der Waals surface area contributed by atoms with E-state index in [0.29, 0.717) is 15.7 Å². The summed E-state index contributed by atoms with van der Waals surface area (Å²) in [5, 5.41) is 12.6. The van der Waals surface area contributed by atoms with Crippen molar-refractivity contribution in [3.05, 3.63) is 70.7 Å². The largest absolute Gasteiger partial charge is 0.325 e. The molecule has 0 aliphatic heterocycles. The van der Waals surface area contributed by atoms with Crippen LogP contribution in [0, 0.1) is 13.8 Å². The third kappa shape index (κ3) is 4.84. The third-order valence-corrected chi connectivity index (χ3v) is 4.91. The van der Waals surface area contributed by atoms with Crippen molar-refractivity contribution in [1.29, 1.82) is 0 Å². The zero-order valence-corrected chi connectivity index (χ0v) is 16.1. The van der Waals surface area contributed by atoms with Gasteiger partial charge in [-0.1, -0.05) is 53.2 Å². The number of amides is 1. The highest BCUT2D eigenvalue weighted by Gasteiger charge is 2.08. The molecule has 0 unspecified atom stereocenters. The Morgan fingerprint density at radius 3 is 2.62 bits per heavy atom. The number of halogens is 1. The molecule has 132 valence electrons. The van der Waals surface area contributed by atoms with Gasteiger partial charge in [-0.2, -0.15) is 0 Å². The van der Waals surface area contributed by atoms with Gasteiger partial charge in [0.2, 0.25) is 5.91 Å². The Labute approximate surface area is 162 Å². The lowest BCUT2D eigenvalue weighted by Gasteiger charge is -2.07. The van der Waals surface area contributed by atoms with E-state index in [9.17, 15) is 4.79 Å². The van der Waals surface area contributed by atoms with E-state index in [1.807, 2.05) is 12.1 Å². The maximum atomic E-state index is 12.0. The molecule has 3 rings (SSSR count). The van der Waals surface area contributed by atoms with Crippen molar-refractivity contribution in [2.24, 2.45) is 0 Å². The van der Waals surface area contributed by atoms with Gasteiger partial charge in [-0.3, -0.25) is 4.79 Å². The molecule has 2 aromatic carbocycles. The Balaban J connectivity index is 1.60. The summed E-state index contributed by atoms with van der Waals surface area (Å²) < 4.78 is 0. The molecule has 0 fully saturated rings. The number of aromatic nitrogens is 2. The molecule has 0 saturated carbocycles. The number of hydrogen-bond donors (Lipinski definition) is 1. The van der Waals surface area contributed by atoms with Crippen LogP contribution in [0.4, 0.5) is 5.69 Å². The van der Waals surface area contributed by atoms with E-state index < -0.39 is 0 Å². The summed E-state index contributed by atoms with van der Waals surface area (Å²) in [4.78, 5) is 12.0. The summed E-state index contributed by atoms with van der Waals surface area (Å²) >= 11 is 7.26. The molecule has 1 N–H and O–H groups in total. The zero-order valence-electron chi connectivity index (χ0n) is 14.5.